The van der Waals surface area contributed by atoms with Crippen molar-refractivity contribution in [2.75, 3.05) is 16.9 Å². The van der Waals surface area contributed by atoms with Crippen LogP contribution in [0.1, 0.15) is 18.4 Å². The number of fused-ring (bicyclic) bond motifs is 1. The summed E-state index contributed by atoms with van der Waals surface area (Å²) >= 11 is 0. The lowest BCUT2D eigenvalue weighted by molar-refractivity contribution is -0.199. The van der Waals surface area contributed by atoms with Crippen molar-refractivity contribution in [2.45, 2.75) is 37.5 Å². The Morgan fingerprint density at radius 2 is 1.90 bits per heavy atom. The zero-order chi connectivity index (χ0) is 29.2. The number of H-pyrrole nitrogens is 1. The number of carbonyl (C=O) groups excluding carboxylic acids is 3. The molecule has 0 radical (unpaired) electrons. The number of rotatable bonds is 5. The average Bonchev–Trinajstić information content (AvgIpc) is 3.52. The lowest BCUT2D eigenvalue weighted by Crippen LogP contribution is -2.46. The molecule has 40 heavy (non-hydrogen) atoms. The Hall–Kier alpha value is -4.71. The number of nitrogens with two attached hydrogens (primary N) is 1. The van der Waals surface area contributed by atoms with E-state index in [4.69, 9.17) is 5.73 Å². The van der Waals surface area contributed by atoms with Gasteiger partial charge in [0.25, 0.3) is 0 Å². The van der Waals surface area contributed by atoms with Gasteiger partial charge >= 0.3 is 18.2 Å². The zero-order valence-electron chi connectivity index (χ0n) is 20.5. The molecule has 1 aliphatic heterocycles. The molecular formula is C25H21F5N6O4. The van der Waals surface area contributed by atoms with Gasteiger partial charge in [0.1, 0.15) is 17.7 Å². The summed E-state index contributed by atoms with van der Waals surface area (Å²) in [7, 11) is 0. The Labute approximate surface area is 223 Å². The van der Waals surface area contributed by atoms with Gasteiger partial charge in [0.15, 0.2) is 0 Å². The fourth-order valence-electron chi connectivity index (χ4n) is 4.31. The first-order valence-electron chi connectivity index (χ1n) is 11.8. The number of hydroxylamine groups is 1. The molecule has 3 amide bonds. The maximum absolute atomic E-state index is 13.6. The van der Waals surface area contributed by atoms with Crippen LogP contribution in [0.15, 0.2) is 42.6 Å². The van der Waals surface area contributed by atoms with Crippen molar-refractivity contribution in [3.63, 3.8) is 0 Å². The van der Waals surface area contributed by atoms with Gasteiger partial charge in [0.2, 0.25) is 5.91 Å². The number of nitrogens with zero attached hydrogens (tertiary/aromatic N) is 3. The van der Waals surface area contributed by atoms with E-state index in [0.717, 1.165) is 6.07 Å². The average molecular weight is 564 g/mol. The molecule has 0 saturated carbocycles. The van der Waals surface area contributed by atoms with Crippen LogP contribution in [0.5, 0.6) is 0 Å². The van der Waals surface area contributed by atoms with Crippen LogP contribution >= 0.6 is 0 Å². The summed E-state index contributed by atoms with van der Waals surface area (Å²) in [4.78, 5) is 45.9. The molecule has 210 valence electrons. The van der Waals surface area contributed by atoms with Crippen molar-refractivity contribution >= 4 is 40.2 Å². The van der Waals surface area contributed by atoms with Crippen molar-refractivity contribution in [2.24, 2.45) is 5.73 Å². The van der Waals surface area contributed by atoms with Crippen LogP contribution in [0.4, 0.5) is 38.1 Å². The van der Waals surface area contributed by atoms with Gasteiger partial charge in [-0.2, -0.15) is 18.4 Å². The van der Waals surface area contributed by atoms with Gasteiger partial charge < -0.3 is 25.8 Å². The maximum atomic E-state index is 13.6. The molecule has 3 aromatic rings. The summed E-state index contributed by atoms with van der Waals surface area (Å²) in [5.41, 5.74) is 6.20. The first-order valence-corrected chi connectivity index (χ1v) is 11.8. The highest BCUT2D eigenvalue weighted by atomic mass is 19.4. The number of nitrogens with one attached hydrogen (secondary N) is 2. The normalized spacial score (nSPS) is 15.9. The third-order valence-electron chi connectivity index (χ3n) is 6.13. The number of alkyl halides is 3. The second-order valence-corrected chi connectivity index (χ2v) is 8.93. The van der Waals surface area contributed by atoms with Crippen molar-refractivity contribution in [3.05, 3.63) is 59.8 Å². The molecule has 10 nitrogen and oxygen atoms in total. The number of halogens is 5. The second kappa shape index (κ2) is 11.2. The van der Waals surface area contributed by atoms with Crippen molar-refractivity contribution in [1.29, 1.82) is 5.26 Å². The molecule has 2 unspecified atom stereocenters. The SMILES string of the molecule is N#CC1CCCN1C(=O)C(N)Cc1c[nH]c2ccc(N(OC(=O)C(F)(F)F)C(=O)Nc3cc(F)cc(F)c3)cc12. The van der Waals surface area contributed by atoms with Crippen LogP contribution in [-0.4, -0.2) is 52.6 Å². The van der Waals surface area contributed by atoms with Gasteiger partial charge in [-0.3, -0.25) is 4.79 Å². The monoisotopic (exact) mass is 564 g/mol. The van der Waals surface area contributed by atoms with Gasteiger partial charge in [-0.1, -0.05) is 0 Å². The molecule has 1 aliphatic rings. The second-order valence-electron chi connectivity index (χ2n) is 8.93. The summed E-state index contributed by atoms with van der Waals surface area (Å²) in [5, 5.41) is 11.6. The standard InChI is InChI=1S/C25H21F5N6O4/c26-14-7-15(27)9-16(8-14)34-24(39)36(40-23(38)25(28,29)30)17-3-4-21-19(10-17)13(12-33-21)6-20(32)22(37)35-5-1-2-18(35)11-31/h3-4,7-10,12,18,20,33H,1-2,5-6,32H2,(H,34,39). The van der Waals surface area contributed by atoms with Gasteiger partial charge in [-0.15, -0.1) is 5.06 Å². The molecule has 4 N–H and O–H groups in total. The summed E-state index contributed by atoms with van der Waals surface area (Å²) in [5.74, 6) is -5.33. The number of urea groups is 1. The number of aromatic nitrogens is 1. The van der Waals surface area contributed by atoms with Crippen LogP contribution in [0.2, 0.25) is 0 Å². The van der Waals surface area contributed by atoms with Crippen molar-refractivity contribution < 1.29 is 41.2 Å². The molecule has 0 bridgehead atoms. The summed E-state index contributed by atoms with van der Waals surface area (Å²) in [6.07, 6.45) is -2.81. The largest absolute Gasteiger partial charge is 0.493 e. The van der Waals surface area contributed by atoms with E-state index in [1.54, 1.807) is 0 Å². The van der Waals surface area contributed by atoms with E-state index in [-0.39, 0.29) is 17.2 Å². The van der Waals surface area contributed by atoms with Crippen molar-refractivity contribution in [3.8, 4) is 6.07 Å². The van der Waals surface area contributed by atoms with Crippen LogP contribution < -0.4 is 16.1 Å². The minimum atomic E-state index is -5.48. The van der Waals surface area contributed by atoms with Crippen LogP contribution in [-0.2, 0) is 20.8 Å². The summed E-state index contributed by atoms with van der Waals surface area (Å²) < 4.78 is 66.1. The van der Waals surface area contributed by atoms with E-state index >= 15 is 0 Å². The Balaban J connectivity index is 1.63. The minimum Gasteiger partial charge on any atom is -0.361 e. The third kappa shape index (κ3) is 6.12. The number of benzene rings is 2. The number of carbonyl (C=O) groups is 3. The Kier molecular flexibility index (Phi) is 7.91. The Morgan fingerprint density at radius 3 is 2.55 bits per heavy atom. The number of anilines is 2. The molecule has 1 saturated heterocycles. The summed E-state index contributed by atoms with van der Waals surface area (Å²) in [6, 6.07) is 4.60. The lowest BCUT2D eigenvalue weighted by atomic mass is 10.0. The van der Waals surface area contributed by atoms with Gasteiger partial charge in [0, 0.05) is 35.4 Å². The van der Waals surface area contributed by atoms with E-state index in [1.165, 1.54) is 23.2 Å². The van der Waals surface area contributed by atoms with Gasteiger partial charge in [0.05, 0.1) is 17.8 Å². The highest BCUT2D eigenvalue weighted by Gasteiger charge is 2.44. The predicted octanol–water partition coefficient (Wildman–Crippen LogP) is 3.89. The highest BCUT2D eigenvalue weighted by molar-refractivity contribution is 6.03. The van der Waals surface area contributed by atoms with E-state index in [1.807, 2.05) is 5.32 Å². The molecule has 0 spiro atoms. The number of hydrogen-bond donors (Lipinski definition) is 3. The lowest BCUT2D eigenvalue weighted by Gasteiger charge is -2.23. The molecule has 1 aromatic heterocycles. The highest BCUT2D eigenvalue weighted by Crippen LogP contribution is 2.29. The number of aromatic amines is 1. The molecule has 2 aromatic carbocycles. The van der Waals surface area contributed by atoms with Gasteiger partial charge in [-0.25, -0.2) is 18.4 Å². The quantitative estimate of drug-likeness (QED) is 0.317. The molecule has 2 atom stereocenters. The molecule has 15 heteroatoms. The number of likely N-dealkylation sites (tertiary alicyclic amines) is 1. The fraction of sp³-hybridized carbons (Fsp3) is 0.280. The van der Waals surface area contributed by atoms with E-state index < -0.39 is 53.5 Å². The summed E-state index contributed by atoms with van der Waals surface area (Å²) in [6.45, 7) is 0.382. The smallest absolute Gasteiger partial charge is 0.361 e. The van der Waals surface area contributed by atoms with Crippen LogP contribution in [0.25, 0.3) is 10.9 Å². The maximum Gasteiger partial charge on any atom is 0.493 e. The first kappa shape index (κ1) is 28.3. The third-order valence-corrected chi connectivity index (χ3v) is 6.13. The van der Waals surface area contributed by atoms with Crippen LogP contribution in [0, 0.1) is 23.0 Å². The van der Waals surface area contributed by atoms with Crippen LogP contribution in [0.3, 0.4) is 0 Å². The van der Waals surface area contributed by atoms with E-state index in [0.29, 0.717) is 54.1 Å². The Bertz CT molecular complexity index is 1480. The molecule has 1 fully saturated rings. The fourth-order valence-corrected chi connectivity index (χ4v) is 4.31. The predicted molar refractivity (Wildman–Crippen MR) is 130 cm³/mol. The molecular weight excluding hydrogens is 543 g/mol. The zero-order valence-corrected chi connectivity index (χ0v) is 20.5. The van der Waals surface area contributed by atoms with E-state index in [9.17, 15) is 41.6 Å². The topological polar surface area (TPSA) is 145 Å². The van der Waals surface area contributed by atoms with E-state index in [2.05, 4.69) is 15.9 Å². The number of amides is 3. The first-order chi connectivity index (χ1) is 18.9. The number of nitriles is 1. The Morgan fingerprint density at radius 1 is 1.20 bits per heavy atom. The van der Waals surface area contributed by atoms with Gasteiger partial charge in [-0.05, 0) is 55.2 Å². The number of hydrogen-bond acceptors (Lipinski definition) is 6. The minimum absolute atomic E-state index is 0.0122. The molecule has 2 heterocycles. The van der Waals surface area contributed by atoms with Crippen molar-refractivity contribution in [1.82, 2.24) is 9.88 Å². The molecule has 0 aliphatic carbocycles. The molecule has 4 rings (SSSR count).